The molecule has 0 fully saturated rings. The van der Waals surface area contributed by atoms with Gasteiger partial charge in [0.25, 0.3) is 0 Å². The molecule has 1 atom stereocenters. The molecule has 1 rings (SSSR count). The van der Waals surface area contributed by atoms with E-state index in [4.69, 9.17) is 15.2 Å². The monoisotopic (exact) mass is 213 g/mol. The fraction of sp³-hybridized carbons (Fsp3) is 0.400. The second-order valence-electron chi connectivity index (χ2n) is 3.03. The van der Waals surface area contributed by atoms with Gasteiger partial charge in [0.15, 0.2) is 11.5 Å². The molecule has 0 saturated heterocycles. The van der Waals surface area contributed by atoms with Gasteiger partial charge in [-0.2, -0.15) is 0 Å². The van der Waals surface area contributed by atoms with E-state index in [1.165, 1.54) is 26.4 Å². The SMILES string of the molecule is COc1cc([C@H](O)CN)cc(OC)c1O. The highest BCUT2D eigenvalue weighted by Crippen LogP contribution is 2.38. The van der Waals surface area contributed by atoms with Crippen molar-refractivity contribution in [3.63, 3.8) is 0 Å². The largest absolute Gasteiger partial charge is 0.502 e. The van der Waals surface area contributed by atoms with Crippen molar-refractivity contribution in [2.45, 2.75) is 6.10 Å². The number of aliphatic hydroxyl groups is 1. The number of nitrogens with two attached hydrogens (primary N) is 1. The van der Waals surface area contributed by atoms with Crippen molar-refractivity contribution in [2.75, 3.05) is 20.8 Å². The molecule has 0 amide bonds. The van der Waals surface area contributed by atoms with Gasteiger partial charge < -0.3 is 25.4 Å². The highest BCUT2D eigenvalue weighted by Gasteiger charge is 2.14. The van der Waals surface area contributed by atoms with Crippen molar-refractivity contribution in [2.24, 2.45) is 5.73 Å². The number of aromatic hydroxyl groups is 1. The van der Waals surface area contributed by atoms with Crippen molar-refractivity contribution in [3.8, 4) is 17.2 Å². The van der Waals surface area contributed by atoms with Gasteiger partial charge in [-0.1, -0.05) is 0 Å². The van der Waals surface area contributed by atoms with Crippen molar-refractivity contribution in [1.29, 1.82) is 0 Å². The van der Waals surface area contributed by atoms with Crippen LogP contribution in [0.5, 0.6) is 17.2 Å². The predicted octanol–water partition coefficient (Wildman–Crippen LogP) is 0.402. The van der Waals surface area contributed by atoms with Gasteiger partial charge in [-0.15, -0.1) is 0 Å². The molecule has 84 valence electrons. The van der Waals surface area contributed by atoms with Gasteiger partial charge in [0.05, 0.1) is 20.3 Å². The van der Waals surface area contributed by atoms with Gasteiger partial charge in [0, 0.05) is 6.54 Å². The maximum atomic E-state index is 9.60. The van der Waals surface area contributed by atoms with E-state index < -0.39 is 6.10 Å². The zero-order chi connectivity index (χ0) is 11.4. The lowest BCUT2D eigenvalue weighted by Crippen LogP contribution is -2.11. The van der Waals surface area contributed by atoms with E-state index in [1.807, 2.05) is 0 Å². The maximum absolute atomic E-state index is 9.60. The lowest BCUT2D eigenvalue weighted by atomic mass is 10.1. The van der Waals surface area contributed by atoms with Gasteiger partial charge in [-0.3, -0.25) is 0 Å². The number of hydrogen-bond donors (Lipinski definition) is 3. The Morgan fingerprint density at radius 2 is 1.73 bits per heavy atom. The molecular formula is C10H15NO4. The second-order valence-corrected chi connectivity index (χ2v) is 3.03. The minimum absolute atomic E-state index is 0.0898. The van der Waals surface area contributed by atoms with Gasteiger partial charge in [0.1, 0.15) is 0 Å². The normalized spacial score (nSPS) is 12.3. The molecule has 5 nitrogen and oxygen atoms in total. The van der Waals surface area contributed by atoms with Crippen molar-refractivity contribution < 1.29 is 19.7 Å². The number of ether oxygens (including phenoxy) is 2. The van der Waals surface area contributed by atoms with Crippen LogP contribution in [0.2, 0.25) is 0 Å². The Kier molecular flexibility index (Phi) is 3.76. The quantitative estimate of drug-likeness (QED) is 0.674. The Balaban J connectivity index is 3.20. The van der Waals surface area contributed by atoms with Crippen LogP contribution in [0.15, 0.2) is 12.1 Å². The highest BCUT2D eigenvalue weighted by atomic mass is 16.5. The van der Waals surface area contributed by atoms with E-state index in [9.17, 15) is 10.2 Å². The molecule has 1 aromatic carbocycles. The summed E-state index contributed by atoms with van der Waals surface area (Å²) in [6, 6.07) is 3.05. The van der Waals surface area contributed by atoms with Crippen LogP contribution < -0.4 is 15.2 Å². The lowest BCUT2D eigenvalue weighted by Gasteiger charge is -2.13. The molecule has 0 saturated carbocycles. The Morgan fingerprint density at radius 1 is 1.27 bits per heavy atom. The highest BCUT2D eigenvalue weighted by molar-refractivity contribution is 5.53. The Bertz CT molecular complexity index is 315. The summed E-state index contributed by atoms with van der Waals surface area (Å²) in [7, 11) is 2.85. The van der Waals surface area contributed by atoms with Crippen LogP contribution >= 0.6 is 0 Å². The lowest BCUT2D eigenvalue weighted by molar-refractivity contribution is 0.185. The first kappa shape index (κ1) is 11.6. The van der Waals surface area contributed by atoms with E-state index in [-0.39, 0.29) is 23.8 Å². The Hall–Kier alpha value is -1.46. The molecule has 0 aliphatic heterocycles. The Labute approximate surface area is 88.0 Å². The van der Waals surface area contributed by atoms with Gasteiger partial charge in [-0.25, -0.2) is 0 Å². The van der Waals surface area contributed by atoms with Gasteiger partial charge in [-0.05, 0) is 17.7 Å². The molecule has 0 bridgehead atoms. The molecular weight excluding hydrogens is 198 g/mol. The third-order valence-corrected chi connectivity index (χ3v) is 2.11. The van der Waals surface area contributed by atoms with Crippen LogP contribution in [-0.2, 0) is 0 Å². The summed E-state index contributed by atoms with van der Waals surface area (Å²) < 4.78 is 9.88. The number of rotatable bonds is 4. The number of aliphatic hydroxyl groups excluding tert-OH is 1. The second kappa shape index (κ2) is 4.86. The molecule has 0 aliphatic carbocycles. The van der Waals surface area contributed by atoms with Crippen molar-refractivity contribution in [1.82, 2.24) is 0 Å². The summed E-state index contributed by atoms with van der Waals surface area (Å²) in [5.41, 5.74) is 5.88. The summed E-state index contributed by atoms with van der Waals surface area (Å²) in [6.45, 7) is 0.0943. The van der Waals surface area contributed by atoms with E-state index >= 15 is 0 Å². The number of methoxy groups -OCH3 is 2. The molecule has 0 aliphatic rings. The fourth-order valence-corrected chi connectivity index (χ4v) is 1.24. The summed E-state index contributed by atoms with van der Waals surface area (Å²) in [4.78, 5) is 0. The van der Waals surface area contributed by atoms with Crippen LogP contribution in [0.1, 0.15) is 11.7 Å². The zero-order valence-electron chi connectivity index (χ0n) is 8.73. The number of benzene rings is 1. The van der Waals surface area contributed by atoms with Gasteiger partial charge in [0.2, 0.25) is 5.75 Å². The number of phenols is 1. The summed E-state index contributed by atoms with van der Waals surface area (Å²) in [5.74, 6) is 0.404. The molecule has 0 aromatic heterocycles. The smallest absolute Gasteiger partial charge is 0.200 e. The average molecular weight is 213 g/mol. The molecule has 0 spiro atoms. The molecule has 0 radical (unpaired) electrons. The molecule has 5 heteroatoms. The molecule has 0 unspecified atom stereocenters. The first-order valence-corrected chi connectivity index (χ1v) is 4.47. The summed E-state index contributed by atoms with van der Waals surface area (Å²) >= 11 is 0. The van der Waals surface area contributed by atoms with Crippen LogP contribution in [-0.4, -0.2) is 31.0 Å². The van der Waals surface area contributed by atoms with Crippen LogP contribution in [0.4, 0.5) is 0 Å². The standard InChI is InChI=1S/C10H15NO4/c1-14-8-3-6(7(12)5-11)4-9(15-2)10(8)13/h3-4,7,12-13H,5,11H2,1-2H3/t7-/m1/s1. The first-order valence-electron chi connectivity index (χ1n) is 4.47. The van der Waals surface area contributed by atoms with Crippen molar-refractivity contribution >= 4 is 0 Å². The maximum Gasteiger partial charge on any atom is 0.200 e. The molecule has 1 aromatic rings. The third kappa shape index (κ3) is 2.31. The summed E-state index contributed by atoms with van der Waals surface area (Å²) in [5, 5.41) is 19.1. The summed E-state index contributed by atoms with van der Waals surface area (Å²) in [6.07, 6.45) is -0.798. The van der Waals surface area contributed by atoms with E-state index in [0.717, 1.165) is 0 Å². The van der Waals surface area contributed by atoms with E-state index in [2.05, 4.69) is 0 Å². The average Bonchev–Trinajstić information content (AvgIpc) is 2.28. The first-order chi connectivity index (χ1) is 7.13. The number of hydrogen-bond acceptors (Lipinski definition) is 5. The predicted molar refractivity (Wildman–Crippen MR) is 55.2 cm³/mol. The minimum atomic E-state index is -0.798. The molecule has 4 N–H and O–H groups in total. The molecule has 15 heavy (non-hydrogen) atoms. The van der Waals surface area contributed by atoms with Gasteiger partial charge >= 0.3 is 0 Å². The zero-order valence-corrected chi connectivity index (χ0v) is 8.73. The third-order valence-electron chi connectivity index (χ3n) is 2.11. The number of phenolic OH excluding ortho intramolecular Hbond substituents is 1. The van der Waals surface area contributed by atoms with E-state index in [1.54, 1.807) is 0 Å². The van der Waals surface area contributed by atoms with Crippen LogP contribution in [0, 0.1) is 0 Å². The van der Waals surface area contributed by atoms with Crippen LogP contribution in [0.25, 0.3) is 0 Å². The molecule has 0 heterocycles. The van der Waals surface area contributed by atoms with E-state index in [0.29, 0.717) is 5.56 Å². The minimum Gasteiger partial charge on any atom is -0.502 e. The van der Waals surface area contributed by atoms with Crippen LogP contribution in [0.3, 0.4) is 0 Å². The Morgan fingerprint density at radius 3 is 2.07 bits per heavy atom. The van der Waals surface area contributed by atoms with Crippen molar-refractivity contribution in [3.05, 3.63) is 17.7 Å². The topological polar surface area (TPSA) is 84.9 Å². The fourth-order valence-electron chi connectivity index (χ4n) is 1.24.